The molecular formula is C13H8BrF2NOS. The van der Waals surface area contributed by atoms with E-state index in [0.29, 0.717) is 5.03 Å². The molecule has 0 fully saturated rings. The average Bonchev–Trinajstić information content (AvgIpc) is 2.41. The van der Waals surface area contributed by atoms with Gasteiger partial charge in [0.2, 0.25) is 0 Å². The molecule has 19 heavy (non-hydrogen) atoms. The topological polar surface area (TPSA) is 30.0 Å². The zero-order valence-electron chi connectivity index (χ0n) is 9.57. The van der Waals surface area contributed by atoms with Crippen LogP contribution in [0.4, 0.5) is 8.78 Å². The number of halogens is 3. The minimum atomic E-state index is -1.02. The molecule has 0 unspecified atom stereocenters. The maximum Gasteiger partial charge on any atom is 0.173 e. The number of nitrogens with zero attached hydrogens (tertiary/aromatic N) is 1. The van der Waals surface area contributed by atoms with Crippen molar-refractivity contribution in [2.75, 3.05) is 5.75 Å². The van der Waals surface area contributed by atoms with Crippen LogP contribution in [0.3, 0.4) is 0 Å². The molecule has 0 amide bonds. The van der Waals surface area contributed by atoms with E-state index < -0.39 is 11.6 Å². The molecule has 2 nitrogen and oxygen atoms in total. The zero-order valence-corrected chi connectivity index (χ0v) is 12.0. The smallest absolute Gasteiger partial charge is 0.173 e. The van der Waals surface area contributed by atoms with Gasteiger partial charge in [-0.15, -0.1) is 0 Å². The number of ketones is 1. The van der Waals surface area contributed by atoms with Crippen LogP contribution in [0.25, 0.3) is 0 Å². The molecule has 1 aromatic heterocycles. The summed E-state index contributed by atoms with van der Waals surface area (Å²) in [6.07, 6.45) is 1.63. The Morgan fingerprint density at radius 1 is 1.21 bits per heavy atom. The summed E-state index contributed by atoms with van der Waals surface area (Å²) in [7, 11) is 0. The Kier molecular flexibility index (Phi) is 4.66. The first-order chi connectivity index (χ1) is 9.06. The Balaban J connectivity index is 2.01. The molecule has 1 heterocycles. The lowest BCUT2D eigenvalue weighted by Gasteiger charge is -2.02. The van der Waals surface area contributed by atoms with Crippen molar-refractivity contribution in [3.05, 3.63) is 58.2 Å². The lowest BCUT2D eigenvalue weighted by Crippen LogP contribution is -2.03. The highest BCUT2D eigenvalue weighted by Gasteiger charge is 2.10. The van der Waals surface area contributed by atoms with Gasteiger partial charge in [0.15, 0.2) is 17.4 Å². The summed E-state index contributed by atoms with van der Waals surface area (Å²) in [6.45, 7) is 0. The van der Waals surface area contributed by atoms with Crippen LogP contribution < -0.4 is 0 Å². The van der Waals surface area contributed by atoms with Crippen LogP contribution in [-0.4, -0.2) is 16.5 Å². The normalized spacial score (nSPS) is 10.5. The highest BCUT2D eigenvalue weighted by atomic mass is 79.9. The van der Waals surface area contributed by atoms with E-state index in [0.717, 1.165) is 16.6 Å². The highest BCUT2D eigenvalue weighted by Crippen LogP contribution is 2.19. The Morgan fingerprint density at radius 3 is 2.63 bits per heavy atom. The van der Waals surface area contributed by atoms with Gasteiger partial charge in [-0.3, -0.25) is 4.79 Å². The zero-order chi connectivity index (χ0) is 13.8. The van der Waals surface area contributed by atoms with Crippen molar-refractivity contribution < 1.29 is 13.6 Å². The van der Waals surface area contributed by atoms with E-state index in [2.05, 4.69) is 20.9 Å². The number of aromatic nitrogens is 1. The van der Waals surface area contributed by atoms with Crippen molar-refractivity contribution >= 4 is 33.5 Å². The largest absolute Gasteiger partial charge is 0.293 e. The molecule has 2 rings (SSSR count). The number of thioether (sulfide) groups is 1. The fourth-order valence-electron chi connectivity index (χ4n) is 1.34. The third kappa shape index (κ3) is 3.84. The van der Waals surface area contributed by atoms with E-state index in [4.69, 9.17) is 0 Å². The van der Waals surface area contributed by atoms with Gasteiger partial charge in [-0.2, -0.15) is 0 Å². The first-order valence-corrected chi connectivity index (χ1v) is 7.07. The van der Waals surface area contributed by atoms with Gasteiger partial charge in [0, 0.05) is 16.2 Å². The van der Waals surface area contributed by atoms with Crippen LogP contribution in [0.2, 0.25) is 0 Å². The number of benzene rings is 1. The Hall–Kier alpha value is -1.27. The van der Waals surface area contributed by atoms with Crippen LogP contribution in [0, 0.1) is 11.6 Å². The Bertz CT molecular complexity index is 604. The summed E-state index contributed by atoms with van der Waals surface area (Å²) in [4.78, 5) is 15.9. The van der Waals surface area contributed by atoms with E-state index in [-0.39, 0.29) is 17.1 Å². The van der Waals surface area contributed by atoms with Crippen LogP contribution in [-0.2, 0) is 0 Å². The van der Waals surface area contributed by atoms with Gasteiger partial charge < -0.3 is 0 Å². The lowest BCUT2D eigenvalue weighted by molar-refractivity contribution is 0.102. The molecule has 0 aliphatic carbocycles. The third-order valence-electron chi connectivity index (χ3n) is 2.29. The van der Waals surface area contributed by atoms with Gasteiger partial charge in [-0.05, 0) is 46.3 Å². The molecule has 98 valence electrons. The van der Waals surface area contributed by atoms with Gasteiger partial charge >= 0.3 is 0 Å². The van der Waals surface area contributed by atoms with Crippen molar-refractivity contribution in [3.8, 4) is 0 Å². The number of carbonyl (C=O) groups is 1. The van der Waals surface area contributed by atoms with Crippen LogP contribution in [0.5, 0.6) is 0 Å². The summed E-state index contributed by atoms with van der Waals surface area (Å²) in [6, 6.07) is 6.72. The van der Waals surface area contributed by atoms with Crippen LogP contribution >= 0.6 is 27.7 Å². The quantitative estimate of drug-likeness (QED) is 0.618. The summed E-state index contributed by atoms with van der Waals surface area (Å²) in [5.74, 6) is -2.12. The highest BCUT2D eigenvalue weighted by molar-refractivity contribution is 9.10. The fraction of sp³-hybridized carbons (Fsp3) is 0.0769. The van der Waals surface area contributed by atoms with Crippen molar-refractivity contribution in [2.45, 2.75) is 5.03 Å². The monoisotopic (exact) mass is 343 g/mol. The van der Waals surface area contributed by atoms with Crippen molar-refractivity contribution in [1.29, 1.82) is 0 Å². The molecule has 0 spiro atoms. The number of Topliss-reactive ketones (excluding diaryl/α,β-unsaturated/α-hetero) is 1. The summed E-state index contributed by atoms with van der Waals surface area (Å²) in [5.41, 5.74) is 0.156. The maximum absolute atomic E-state index is 13.0. The Labute approximate surface area is 121 Å². The standard InChI is InChI=1S/C13H8BrF2NOS/c14-9-2-4-13(17-6-9)19-7-12(18)8-1-3-10(15)11(16)5-8/h1-6H,7H2. The molecule has 2 aromatic rings. The molecule has 0 N–H and O–H groups in total. The predicted octanol–water partition coefficient (Wildman–Crippen LogP) is 4.10. The summed E-state index contributed by atoms with van der Waals surface area (Å²) >= 11 is 4.51. The van der Waals surface area contributed by atoms with Gasteiger partial charge in [-0.1, -0.05) is 11.8 Å². The minimum Gasteiger partial charge on any atom is -0.293 e. The van der Waals surface area contributed by atoms with E-state index in [1.54, 1.807) is 12.3 Å². The molecule has 0 radical (unpaired) electrons. The first-order valence-electron chi connectivity index (χ1n) is 5.29. The molecule has 0 bridgehead atoms. The van der Waals surface area contributed by atoms with Crippen LogP contribution in [0.1, 0.15) is 10.4 Å². The molecule has 6 heteroatoms. The number of pyridine rings is 1. The minimum absolute atomic E-state index is 0.125. The maximum atomic E-state index is 13.0. The first kappa shape index (κ1) is 14.1. The molecular weight excluding hydrogens is 336 g/mol. The Morgan fingerprint density at radius 2 is 2.00 bits per heavy atom. The second kappa shape index (κ2) is 6.25. The van der Waals surface area contributed by atoms with E-state index in [9.17, 15) is 13.6 Å². The number of hydrogen-bond donors (Lipinski definition) is 0. The molecule has 0 aliphatic rings. The van der Waals surface area contributed by atoms with Crippen molar-refractivity contribution in [3.63, 3.8) is 0 Å². The fourth-order valence-corrected chi connectivity index (χ4v) is 2.31. The van der Waals surface area contributed by atoms with Gasteiger partial charge in [0.1, 0.15) is 0 Å². The third-order valence-corrected chi connectivity index (χ3v) is 3.71. The molecule has 0 saturated carbocycles. The summed E-state index contributed by atoms with van der Waals surface area (Å²) < 4.78 is 26.6. The van der Waals surface area contributed by atoms with Crippen LogP contribution in [0.15, 0.2) is 46.0 Å². The predicted molar refractivity (Wildman–Crippen MR) is 73.3 cm³/mol. The van der Waals surface area contributed by atoms with E-state index >= 15 is 0 Å². The summed E-state index contributed by atoms with van der Waals surface area (Å²) in [5, 5.41) is 0.694. The van der Waals surface area contributed by atoms with Crippen molar-refractivity contribution in [1.82, 2.24) is 4.98 Å². The lowest BCUT2D eigenvalue weighted by atomic mass is 10.1. The number of hydrogen-bond acceptors (Lipinski definition) is 3. The van der Waals surface area contributed by atoms with Gasteiger partial charge in [0.25, 0.3) is 0 Å². The SMILES string of the molecule is O=C(CSc1ccc(Br)cn1)c1ccc(F)c(F)c1. The average molecular weight is 344 g/mol. The number of carbonyl (C=O) groups excluding carboxylic acids is 1. The van der Waals surface area contributed by atoms with Crippen molar-refractivity contribution in [2.24, 2.45) is 0 Å². The van der Waals surface area contributed by atoms with Gasteiger partial charge in [-0.25, -0.2) is 13.8 Å². The molecule has 0 atom stereocenters. The number of rotatable bonds is 4. The second-order valence-electron chi connectivity index (χ2n) is 3.66. The molecule has 0 aliphatic heterocycles. The van der Waals surface area contributed by atoms with Gasteiger partial charge in [0.05, 0.1) is 10.8 Å². The van der Waals surface area contributed by atoms with E-state index in [1.807, 2.05) is 6.07 Å². The van der Waals surface area contributed by atoms with E-state index in [1.165, 1.54) is 17.8 Å². The molecule has 0 saturated heterocycles. The molecule has 1 aromatic carbocycles. The second-order valence-corrected chi connectivity index (χ2v) is 5.57.